The lowest BCUT2D eigenvalue weighted by atomic mass is 10.1. The molecule has 8 heavy (non-hydrogen) atoms. The third kappa shape index (κ3) is 3.61. The lowest BCUT2D eigenvalue weighted by molar-refractivity contribution is -0.138. The molecule has 0 unspecified atom stereocenters. The predicted octanol–water partition coefficient (Wildman–Crippen LogP) is 0.0895. The second-order valence-electron chi connectivity index (χ2n) is 1.89. The quantitative estimate of drug-likeness (QED) is 0.552. The minimum absolute atomic E-state index is 0.0493. The van der Waals surface area contributed by atoms with Crippen LogP contribution in [0.3, 0.4) is 0 Å². The number of carbonyl (C=O) groups is 1. The normalized spacial score (nSPS) is 13.2. The first-order chi connectivity index (χ1) is 3.66. The molecule has 0 rings (SSSR count). The average Bonchev–Trinajstić information content (AvgIpc) is 1.65. The van der Waals surface area contributed by atoms with E-state index in [1.807, 2.05) is 0 Å². The van der Waals surface area contributed by atoms with Crippen molar-refractivity contribution in [1.29, 1.82) is 0 Å². The average molecular weight is 118 g/mol. The van der Waals surface area contributed by atoms with Gasteiger partial charge in [0.15, 0.2) is 0 Å². The lowest BCUT2D eigenvalue weighted by Crippen LogP contribution is -2.07. The molecule has 0 fully saturated rings. The van der Waals surface area contributed by atoms with Gasteiger partial charge in [0.1, 0.15) is 0 Å². The lowest BCUT2D eigenvalue weighted by Gasteiger charge is -2.00. The number of aliphatic hydroxyl groups excluding tert-OH is 1. The van der Waals surface area contributed by atoms with E-state index in [2.05, 4.69) is 0 Å². The van der Waals surface area contributed by atoms with Crippen molar-refractivity contribution in [2.75, 3.05) is 6.61 Å². The Balaban J connectivity index is 3.24. The molecule has 0 aliphatic rings. The van der Waals surface area contributed by atoms with Crippen LogP contribution in [0.4, 0.5) is 0 Å². The molecule has 0 aromatic rings. The van der Waals surface area contributed by atoms with Crippen LogP contribution in [0, 0.1) is 5.92 Å². The van der Waals surface area contributed by atoms with Crippen LogP contribution in [0.5, 0.6) is 0 Å². The first-order valence-electron chi connectivity index (χ1n) is 2.49. The Kier molecular flexibility index (Phi) is 3.19. The number of carboxylic acids is 1. The highest BCUT2D eigenvalue weighted by Gasteiger charge is 2.03. The largest absolute Gasteiger partial charge is 0.481 e. The highest BCUT2D eigenvalue weighted by molar-refractivity contribution is 5.66. The summed E-state index contributed by atoms with van der Waals surface area (Å²) in [5.74, 6) is -0.973. The molecule has 0 amide bonds. The van der Waals surface area contributed by atoms with Crippen LogP contribution in [0.25, 0.3) is 0 Å². The van der Waals surface area contributed by atoms with Crippen LogP contribution in [-0.2, 0) is 4.79 Å². The molecule has 0 heterocycles. The van der Waals surface area contributed by atoms with Crippen molar-refractivity contribution in [3.63, 3.8) is 0 Å². The molecule has 0 aromatic heterocycles. The standard InChI is InChI=1S/C5H10O3/c1-4(3-6)2-5(7)8/h4,6H,2-3H2,1H3,(H,7,8)/t4-/m1/s1. The third-order valence-electron chi connectivity index (χ3n) is 0.835. The summed E-state index contributed by atoms with van der Waals surface area (Å²) in [6, 6.07) is 0. The molecule has 0 saturated heterocycles. The topological polar surface area (TPSA) is 57.5 Å². The Morgan fingerprint density at radius 2 is 2.25 bits per heavy atom. The van der Waals surface area contributed by atoms with E-state index < -0.39 is 5.97 Å². The summed E-state index contributed by atoms with van der Waals surface area (Å²) < 4.78 is 0. The first kappa shape index (κ1) is 7.43. The highest BCUT2D eigenvalue weighted by Crippen LogP contribution is 1.97. The predicted molar refractivity (Wildman–Crippen MR) is 28.5 cm³/mol. The second-order valence-corrected chi connectivity index (χ2v) is 1.89. The number of aliphatic hydroxyl groups is 1. The Hall–Kier alpha value is -0.570. The fourth-order valence-corrected chi connectivity index (χ4v) is 0.363. The van der Waals surface area contributed by atoms with Gasteiger partial charge in [-0.2, -0.15) is 0 Å². The molecule has 0 saturated carbocycles. The van der Waals surface area contributed by atoms with Crippen molar-refractivity contribution >= 4 is 5.97 Å². The van der Waals surface area contributed by atoms with E-state index in [1.54, 1.807) is 6.92 Å². The van der Waals surface area contributed by atoms with Crippen LogP contribution in [0.15, 0.2) is 0 Å². The summed E-state index contributed by atoms with van der Waals surface area (Å²) in [6.07, 6.45) is 0.0521. The van der Waals surface area contributed by atoms with E-state index in [1.165, 1.54) is 0 Å². The molecule has 3 heteroatoms. The minimum atomic E-state index is -0.855. The number of aliphatic carboxylic acids is 1. The molecule has 0 radical (unpaired) electrons. The SMILES string of the molecule is C[C@@H](CO)CC(=O)O. The Bertz CT molecular complexity index is 79.7. The van der Waals surface area contributed by atoms with Crippen LogP contribution < -0.4 is 0 Å². The number of hydrogen-bond donors (Lipinski definition) is 2. The van der Waals surface area contributed by atoms with Gasteiger partial charge in [-0.05, 0) is 5.92 Å². The van der Waals surface area contributed by atoms with Gasteiger partial charge in [-0.1, -0.05) is 6.92 Å². The van der Waals surface area contributed by atoms with Gasteiger partial charge in [-0.3, -0.25) is 4.79 Å². The summed E-state index contributed by atoms with van der Waals surface area (Å²) in [5, 5.41) is 16.4. The monoisotopic (exact) mass is 118 g/mol. The van der Waals surface area contributed by atoms with Crippen molar-refractivity contribution in [3.8, 4) is 0 Å². The van der Waals surface area contributed by atoms with E-state index in [0.29, 0.717) is 0 Å². The molecule has 0 aliphatic heterocycles. The number of rotatable bonds is 3. The molecule has 0 aromatic carbocycles. The summed E-state index contributed by atoms with van der Waals surface area (Å²) in [5.41, 5.74) is 0. The zero-order valence-electron chi connectivity index (χ0n) is 4.79. The molecular weight excluding hydrogens is 108 g/mol. The van der Waals surface area contributed by atoms with Crippen molar-refractivity contribution in [2.45, 2.75) is 13.3 Å². The second kappa shape index (κ2) is 3.43. The summed E-state index contributed by atoms with van der Waals surface area (Å²) in [7, 11) is 0. The molecule has 1 atom stereocenters. The van der Waals surface area contributed by atoms with Gasteiger partial charge < -0.3 is 10.2 Å². The molecular formula is C5H10O3. The van der Waals surface area contributed by atoms with Crippen LogP contribution in [-0.4, -0.2) is 22.8 Å². The maximum Gasteiger partial charge on any atom is 0.303 e. The fraction of sp³-hybridized carbons (Fsp3) is 0.800. The minimum Gasteiger partial charge on any atom is -0.481 e. The smallest absolute Gasteiger partial charge is 0.303 e. The Morgan fingerprint density at radius 3 is 2.38 bits per heavy atom. The van der Waals surface area contributed by atoms with Crippen molar-refractivity contribution in [3.05, 3.63) is 0 Å². The van der Waals surface area contributed by atoms with Gasteiger partial charge in [0.25, 0.3) is 0 Å². The summed E-state index contributed by atoms with van der Waals surface area (Å²) in [4.78, 5) is 9.86. The van der Waals surface area contributed by atoms with Crippen LogP contribution in [0.2, 0.25) is 0 Å². The maximum atomic E-state index is 9.86. The van der Waals surface area contributed by atoms with Crippen molar-refractivity contribution in [2.24, 2.45) is 5.92 Å². The van der Waals surface area contributed by atoms with Gasteiger partial charge in [-0.15, -0.1) is 0 Å². The fourth-order valence-electron chi connectivity index (χ4n) is 0.363. The molecule has 3 nitrogen and oxygen atoms in total. The van der Waals surface area contributed by atoms with Gasteiger partial charge in [0.05, 0.1) is 6.42 Å². The number of carboxylic acid groups (broad SMARTS) is 1. The summed E-state index contributed by atoms with van der Waals surface area (Å²) >= 11 is 0. The highest BCUT2D eigenvalue weighted by atomic mass is 16.4. The Morgan fingerprint density at radius 1 is 1.75 bits per heavy atom. The molecule has 2 N–H and O–H groups in total. The van der Waals surface area contributed by atoms with E-state index in [0.717, 1.165) is 0 Å². The number of hydrogen-bond acceptors (Lipinski definition) is 2. The van der Waals surface area contributed by atoms with Gasteiger partial charge in [-0.25, -0.2) is 0 Å². The van der Waals surface area contributed by atoms with E-state index >= 15 is 0 Å². The molecule has 0 aliphatic carbocycles. The third-order valence-corrected chi connectivity index (χ3v) is 0.835. The first-order valence-corrected chi connectivity index (χ1v) is 2.49. The summed E-state index contributed by atoms with van der Waals surface area (Å²) in [6.45, 7) is 1.64. The Labute approximate surface area is 47.9 Å². The van der Waals surface area contributed by atoms with Crippen LogP contribution >= 0.6 is 0 Å². The zero-order chi connectivity index (χ0) is 6.57. The van der Waals surface area contributed by atoms with Crippen molar-refractivity contribution < 1.29 is 15.0 Å². The van der Waals surface area contributed by atoms with Crippen molar-refractivity contribution in [1.82, 2.24) is 0 Å². The molecule has 48 valence electrons. The van der Waals surface area contributed by atoms with Crippen LogP contribution in [0.1, 0.15) is 13.3 Å². The maximum absolute atomic E-state index is 9.86. The van der Waals surface area contributed by atoms with Gasteiger partial charge >= 0.3 is 5.97 Å². The zero-order valence-corrected chi connectivity index (χ0v) is 4.79. The van der Waals surface area contributed by atoms with E-state index in [-0.39, 0.29) is 18.9 Å². The van der Waals surface area contributed by atoms with E-state index in [9.17, 15) is 4.79 Å². The van der Waals surface area contributed by atoms with Gasteiger partial charge in [0, 0.05) is 6.61 Å². The van der Waals surface area contributed by atoms with Gasteiger partial charge in [0.2, 0.25) is 0 Å². The van der Waals surface area contributed by atoms with E-state index in [4.69, 9.17) is 10.2 Å². The molecule has 0 bridgehead atoms. The molecule has 0 spiro atoms.